The second kappa shape index (κ2) is 4.70. The lowest BCUT2D eigenvalue weighted by molar-refractivity contribution is -0.0290. The summed E-state index contributed by atoms with van der Waals surface area (Å²) < 4.78 is 26.8. The third-order valence-corrected chi connectivity index (χ3v) is 4.01. The molecule has 0 amide bonds. The third-order valence-electron chi connectivity index (χ3n) is 3.68. The fourth-order valence-electron chi connectivity index (χ4n) is 2.52. The lowest BCUT2D eigenvalue weighted by atomic mass is 10.0. The molecule has 1 saturated heterocycles. The zero-order chi connectivity index (χ0) is 13.5. The highest BCUT2D eigenvalue weighted by atomic mass is 32.1. The van der Waals surface area contributed by atoms with Crippen LogP contribution in [0.4, 0.5) is 4.39 Å². The third kappa shape index (κ3) is 2.20. The number of nitrogens with one attached hydrogen (secondary N) is 1. The number of imidazole rings is 1. The van der Waals surface area contributed by atoms with E-state index in [2.05, 4.69) is 4.98 Å². The number of nitrogens with zero attached hydrogens (tertiary/aromatic N) is 1. The maximum Gasteiger partial charge on any atom is 0.178 e. The van der Waals surface area contributed by atoms with E-state index in [1.54, 1.807) is 13.2 Å². The van der Waals surface area contributed by atoms with E-state index in [1.807, 2.05) is 4.57 Å². The number of rotatable bonds is 3. The highest BCUT2D eigenvalue weighted by Gasteiger charge is 2.36. The van der Waals surface area contributed by atoms with Gasteiger partial charge in [-0.3, -0.25) is 0 Å². The first-order valence-corrected chi connectivity index (χ1v) is 6.55. The summed E-state index contributed by atoms with van der Waals surface area (Å²) in [4.78, 5) is 3.02. The van der Waals surface area contributed by atoms with Crippen molar-refractivity contribution >= 4 is 23.3 Å². The monoisotopic (exact) mass is 282 g/mol. The second-order valence-corrected chi connectivity index (χ2v) is 5.25. The van der Waals surface area contributed by atoms with E-state index in [0.717, 1.165) is 11.9 Å². The molecule has 3 rings (SSSR count). The number of hydrogen-bond acceptors (Lipinski definition) is 3. The molecule has 1 aromatic carbocycles. The largest absolute Gasteiger partial charge is 0.378 e. The minimum absolute atomic E-state index is 0.276. The predicted octanol–water partition coefficient (Wildman–Crippen LogP) is 2.64. The smallest absolute Gasteiger partial charge is 0.178 e. The molecule has 102 valence electrons. The van der Waals surface area contributed by atoms with Gasteiger partial charge < -0.3 is 19.0 Å². The molecule has 4 nitrogen and oxygen atoms in total. The zero-order valence-electron chi connectivity index (χ0n) is 10.6. The first-order chi connectivity index (χ1) is 9.13. The molecule has 1 aromatic heterocycles. The van der Waals surface area contributed by atoms with Gasteiger partial charge in [0.1, 0.15) is 11.4 Å². The minimum Gasteiger partial charge on any atom is -0.378 e. The summed E-state index contributed by atoms with van der Waals surface area (Å²) in [5.41, 5.74) is 1.24. The number of methoxy groups -OCH3 is 1. The molecule has 6 heteroatoms. The van der Waals surface area contributed by atoms with Gasteiger partial charge in [0.2, 0.25) is 0 Å². The summed E-state index contributed by atoms with van der Waals surface area (Å²) in [6.45, 7) is 1.85. The Morgan fingerprint density at radius 1 is 1.58 bits per heavy atom. The Morgan fingerprint density at radius 2 is 2.42 bits per heavy atom. The molecule has 2 aromatic rings. The predicted molar refractivity (Wildman–Crippen MR) is 72.3 cm³/mol. The normalized spacial score (nSPS) is 23.3. The molecular formula is C13H15FN2O2S. The number of halogens is 1. The van der Waals surface area contributed by atoms with E-state index in [9.17, 15) is 4.39 Å². The molecule has 0 aliphatic carbocycles. The van der Waals surface area contributed by atoms with E-state index < -0.39 is 0 Å². The van der Waals surface area contributed by atoms with Crippen molar-refractivity contribution in [1.82, 2.24) is 9.55 Å². The van der Waals surface area contributed by atoms with Crippen LogP contribution in [0, 0.1) is 10.6 Å². The number of ether oxygens (including phenoxy) is 2. The van der Waals surface area contributed by atoms with E-state index in [0.29, 0.717) is 30.0 Å². The van der Waals surface area contributed by atoms with Crippen molar-refractivity contribution in [3.8, 4) is 0 Å². The topological polar surface area (TPSA) is 39.2 Å². The van der Waals surface area contributed by atoms with Gasteiger partial charge in [-0.25, -0.2) is 4.39 Å². The van der Waals surface area contributed by atoms with Crippen molar-refractivity contribution in [1.29, 1.82) is 0 Å². The zero-order valence-corrected chi connectivity index (χ0v) is 11.4. The number of H-pyrrole nitrogens is 1. The standard InChI is InChI=1S/C13H15FN2O2S/c1-17-13(4-5-18-8-13)7-16-11-3-2-9(14)6-10(11)15-12(16)19/h2-3,6H,4-5,7-8H2,1H3,(H,15,19). The molecule has 1 N–H and O–H groups in total. The van der Waals surface area contributed by atoms with Crippen LogP contribution >= 0.6 is 12.2 Å². The fraction of sp³-hybridized carbons (Fsp3) is 0.462. The van der Waals surface area contributed by atoms with Crippen LogP contribution in [-0.2, 0) is 16.0 Å². The van der Waals surface area contributed by atoms with Gasteiger partial charge in [0, 0.05) is 20.1 Å². The van der Waals surface area contributed by atoms with Gasteiger partial charge in [-0.05, 0) is 30.4 Å². The molecule has 1 aliphatic rings. The average molecular weight is 282 g/mol. The Kier molecular flexibility index (Phi) is 3.16. The van der Waals surface area contributed by atoms with Crippen LogP contribution in [0.5, 0.6) is 0 Å². The van der Waals surface area contributed by atoms with Crippen LogP contribution < -0.4 is 0 Å². The maximum absolute atomic E-state index is 13.2. The van der Waals surface area contributed by atoms with Crippen molar-refractivity contribution in [2.45, 2.75) is 18.6 Å². The van der Waals surface area contributed by atoms with Crippen molar-refractivity contribution in [3.63, 3.8) is 0 Å². The van der Waals surface area contributed by atoms with Crippen molar-refractivity contribution in [2.75, 3.05) is 20.3 Å². The molecular weight excluding hydrogens is 267 g/mol. The van der Waals surface area contributed by atoms with Crippen molar-refractivity contribution < 1.29 is 13.9 Å². The summed E-state index contributed by atoms with van der Waals surface area (Å²) in [7, 11) is 1.69. The van der Waals surface area contributed by atoms with Gasteiger partial charge in [0.05, 0.1) is 24.2 Å². The first kappa shape index (κ1) is 12.8. The van der Waals surface area contributed by atoms with Crippen LogP contribution in [0.1, 0.15) is 6.42 Å². The van der Waals surface area contributed by atoms with E-state index in [-0.39, 0.29) is 11.4 Å². The second-order valence-electron chi connectivity index (χ2n) is 4.87. The van der Waals surface area contributed by atoms with Gasteiger partial charge in [0.25, 0.3) is 0 Å². The lowest BCUT2D eigenvalue weighted by Gasteiger charge is -2.26. The lowest BCUT2D eigenvalue weighted by Crippen LogP contribution is -2.37. The summed E-state index contributed by atoms with van der Waals surface area (Å²) in [6.07, 6.45) is 0.832. The Bertz CT molecular complexity index is 658. The summed E-state index contributed by atoms with van der Waals surface area (Å²) in [6, 6.07) is 4.62. The molecule has 1 fully saturated rings. The number of aromatic nitrogens is 2. The summed E-state index contributed by atoms with van der Waals surface area (Å²) in [5, 5.41) is 0. The molecule has 1 unspecified atom stereocenters. The Balaban J connectivity index is 2.05. The van der Waals surface area contributed by atoms with E-state index >= 15 is 0 Å². The molecule has 1 atom stereocenters. The first-order valence-electron chi connectivity index (χ1n) is 6.14. The molecule has 0 spiro atoms. The van der Waals surface area contributed by atoms with Crippen molar-refractivity contribution in [2.24, 2.45) is 0 Å². The van der Waals surface area contributed by atoms with Gasteiger partial charge in [0.15, 0.2) is 4.77 Å². The maximum atomic E-state index is 13.2. The van der Waals surface area contributed by atoms with Crippen LogP contribution in [0.2, 0.25) is 0 Å². The van der Waals surface area contributed by atoms with E-state index in [1.165, 1.54) is 12.1 Å². The number of benzene rings is 1. The van der Waals surface area contributed by atoms with Crippen LogP contribution in [0.3, 0.4) is 0 Å². The van der Waals surface area contributed by atoms with Gasteiger partial charge >= 0.3 is 0 Å². The fourth-order valence-corrected chi connectivity index (χ4v) is 2.79. The highest BCUT2D eigenvalue weighted by Crippen LogP contribution is 2.27. The number of fused-ring (bicyclic) bond motifs is 1. The van der Waals surface area contributed by atoms with Gasteiger partial charge in [-0.2, -0.15) is 0 Å². The summed E-state index contributed by atoms with van der Waals surface area (Å²) in [5.74, 6) is -0.276. The van der Waals surface area contributed by atoms with Crippen LogP contribution in [-0.4, -0.2) is 35.5 Å². The Labute approximate surface area is 115 Å². The molecule has 19 heavy (non-hydrogen) atoms. The molecule has 0 bridgehead atoms. The average Bonchev–Trinajstić information content (AvgIpc) is 2.96. The minimum atomic E-state index is -0.345. The number of hydrogen-bond donors (Lipinski definition) is 1. The molecule has 1 aliphatic heterocycles. The molecule has 0 saturated carbocycles. The quantitative estimate of drug-likeness (QED) is 0.880. The van der Waals surface area contributed by atoms with Gasteiger partial charge in [-0.1, -0.05) is 0 Å². The molecule has 0 radical (unpaired) electrons. The van der Waals surface area contributed by atoms with Crippen LogP contribution in [0.25, 0.3) is 11.0 Å². The Hall–Kier alpha value is -1.24. The van der Waals surface area contributed by atoms with Crippen LogP contribution in [0.15, 0.2) is 18.2 Å². The van der Waals surface area contributed by atoms with Gasteiger partial charge in [-0.15, -0.1) is 0 Å². The number of aromatic amines is 1. The SMILES string of the molecule is COC1(Cn2c(=S)[nH]c3cc(F)ccc32)CCOC1. The highest BCUT2D eigenvalue weighted by molar-refractivity contribution is 7.71. The molecule has 2 heterocycles. The Morgan fingerprint density at radius 3 is 3.11 bits per heavy atom. The summed E-state index contributed by atoms with van der Waals surface area (Å²) >= 11 is 5.32. The van der Waals surface area contributed by atoms with E-state index in [4.69, 9.17) is 21.7 Å². The van der Waals surface area contributed by atoms with Crippen molar-refractivity contribution in [3.05, 3.63) is 28.8 Å².